The molecule has 1 N–H and O–H groups in total. The van der Waals surface area contributed by atoms with Gasteiger partial charge >= 0.3 is 0 Å². The molecule has 0 aliphatic rings. The van der Waals surface area contributed by atoms with Gasteiger partial charge in [0, 0.05) is 7.05 Å². The number of halogens is 2. The summed E-state index contributed by atoms with van der Waals surface area (Å²) in [5.74, 6) is -2.63. The van der Waals surface area contributed by atoms with Crippen molar-refractivity contribution < 1.29 is 18.4 Å². The highest BCUT2D eigenvalue weighted by atomic mass is 19.1. The molecule has 1 amide bonds. The van der Waals surface area contributed by atoms with Crippen LogP contribution in [-0.4, -0.2) is 21.5 Å². The van der Waals surface area contributed by atoms with E-state index in [1.54, 1.807) is 13.0 Å². The van der Waals surface area contributed by atoms with Crippen LogP contribution in [0.15, 0.2) is 48.5 Å². The van der Waals surface area contributed by atoms with Gasteiger partial charge in [0.15, 0.2) is 0 Å². The molecule has 0 aliphatic heterocycles. The second-order valence-electron chi connectivity index (χ2n) is 5.68. The van der Waals surface area contributed by atoms with Crippen LogP contribution in [0, 0.1) is 18.6 Å². The first-order valence-corrected chi connectivity index (χ1v) is 7.79. The minimum absolute atomic E-state index is 0.0577. The van der Waals surface area contributed by atoms with Gasteiger partial charge in [-0.1, -0.05) is 24.3 Å². The van der Waals surface area contributed by atoms with E-state index in [2.05, 4.69) is 10.4 Å². The molecule has 3 aromatic rings. The maximum atomic E-state index is 14.0. The average Bonchev–Trinajstić information content (AvgIpc) is 2.88. The molecule has 0 saturated carbocycles. The highest BCUT2D eigenvalue weighted by Gasteiger charge is 2.25. The van der Waals surface area contributed by atoms with Gasteiger partial charge < -0.3 is 5.32 Å². The van der Waals surface area contributed by atoms with Crippen molar-refractivity contribution in [3.63, 3.8) is 0 Å². The lowest BCUT2D eigenvalue weighted by Gasteiger charge is -2.09. The predicted octanol–water partition coefficient (Wildman–Crippen LogP) is 3.49. The van der Waals surface area contributed by atoms with Gasteiger partial charge in [-0.3, -0.25) is 14.3 Å². The SMILES string of the molecule is Cc1nn(C)c(NC(=O)c2ccccc2F)c1C(=O)c1ccccc1F. The molecule has 0 radical (unpaired) electrons. The molecule has 132 valence electrons. The lowest BCUT2D eigenvalue weighted by atomic mass is 10.0. The molecule has 1 heterocycles. The summed E-state index contributed by atoms with van der Waals surface area (Å²) < 4.78 is 29.1. The molecular formula is C19H15F2N3O2. The minimum atomic E-state index is -0.728. The quantitative estimate of drug-likeness (QED) is 0.729. The van der Waals surface area contributed by atoms with Gasteiger partial charge in [-0.15, -0.1) is 0 Å². The molecule has 1 aromatic heterocycles. The normalized spacial score (nSPS) is 10.6. The van der Waals surface area contributed by atoms with E-state index in [1.807, 2.05) is 0 Å². The van der Waals surface area contributed by atoms with Crippen molar-refractivity contribution in [2.75, 3.05) is 5.32 Å². The third kappa shape index (κ3) is 3.11. The zero-order valence-electron chi connectivity index (χ0n) is 14.1. The highest BCUT2D eigenvalue weighted by Crippen LogP contribution is 2.24. The molecule has 0 atom stereocenters. The number of amides is 1. The summed E-state index contributed by atoms with van der Waals surface area (Å²) in [4.78, 5) is 25.2. The van der Waals surface area contributed by atoms with E-state index in [-0.39, 0.29) is 22.5 Å². The Labute approximate surface area is 148 Å². The van der Waals surface area contributed by atoms with Crippen LogP contribution in [0.1, 0.15) is 32.0 Å². The third-order valence-electron chi connectivity index (χ3n) is 3.92. The van der Waals surface area contributed by atoms with E-state index in [0.29, 0.717) is 5.69 Å². The molecule has 0 unspecified atom stereocenters. The Bertz CT molecular complexity index is 1010. The van der Waals surface area contributed by atoms with Crippen molar-refractivity contribution in [2.45, 2.75) is 6.92 Å². The van der Waals surface area contributed by atoms with Crippen LogP contribution in [0.2, 0.25) is 0 Å². The highest BCUT2D eigenvalue weighted by molar-refractivity contribution is 6.15. The first kappa shape index (κ1) is 17.5. The van der Waals surface area contributed by atoms with E-state index < -0.39 is 23.3 Å². The Balaban J connectivity index is 2.02. The van der Waals surface area contributed by atoms with E-state index in [4.69, 9.17) is 0 Å². The first-order valence-electron chi connectivity index (χ1n) is 7.79. The number of nitrogens with one attached hydrogen (secondary N) is 1. The first-order chi connectivity index (χ1) is 12.4. The van der Waals surface area contributed by atoms with Crippen molar-refractivity contribution in [1.29, 1.82) is 0 Å². The number of hydrogen-bond donors (Lipinski definition) is 1. The maximum absolute atomic E-state index is 14.0. The van der Waals surface area contributed by atoms with Gasteiger partial charge in [-0.2, -0.15) is 5.10 Å². The fourth-order valence-corrected chi connectivity index (χ4v) is 2.67. The van der Waals surface area contributed by atoms with Crippen molar-refractivity contribution in [2.24, 2.45) is 7.05 Å². The number of carbonyl (C=O) groups is 2. The van der Waals surface area contributed by atoms with Gasteiger partial charge in [-0.25, -0.2) is 8.78 Å². The molecule has 26 heavy (non-hydrogen) atoms. The maximum Gasteiger partial charge on any atom is 0.259 e. The number of aryl methyl sites for hydroxylation is 2. The molecular weight excluding hydrogens is 340 g/mol. The van der Waals surface area contributed by atoms with Crippen molar-refractivity contribution in [1.82, 2.24) is 9.78 Å². The largest absolute Gasteiger partial charge is 0.306 e. The van der Waals surface area contributed by atoms with Crippen LogP contribution >= 0.6 is 0 Å². The van der Waals surface area contributed by atoms with E-state index in [1.165, 1.54) is 48.1 Å². The molecule has 5 nitrogen and oxygen atoms in total. The summed E-state index contributed by atoms with van der Waals surface area (Å²) in [7, 11) is 1.53. The molecule has 0 fully saturated rings. The second kappa shape index (κ2) is 6.87. The number of anilines is 1. The lowest BCUT2D eigenvalue weighted by molar-refractivity contribution is 0.102. The summed E-state index contributed by atoms with van der Waals surface area (Å²) in [6.07, 6.45) is 0. The molecule has 0 aliphatic carbocycles. The zero-order valence-corrected chi connectivity index (χ0v) is 14.1. The van der Waals surface area contributed by atoms with Gasteiger partial charge in [0.25, 0.3) is 5.91 Å². The summed E-state index contributed by atoms with van der Waals surface area (Å²) in [6.45, 7) is 1.58. The van der Waals surface area contributed by atoms with Gasteiger partial charge in [0.05, 0.1) is 22.4 Å². The van der Waals surface area contributed by atoms with Crippen molar-refractivity contribution in [3.05, 3.63) is 82.5 Å². The predicted molar refractivity (Wildman–Crippen MR) is 92.1 cm³/mol. The summed E-state index contributed by atoms with van der Waals surface area (Å²) >= 11 is 0. The van der Waals surface area contributed by atoms with Crippen molar-refractivity contribution in [3.8, 4) is 0 Å². The fraction of sp³-hybridized carbons (Fsp3) is 0.105. The molecule has 0 bridgehead atoms. The van der Waals surface area contributed by atoms with E-state index in [0.717, 1.165) is 6.07 Å². The topological polar surface area (TPSA) is 64.0 Å². The van der Waals surface area contributed by atoms with Crippen LogP contribution in [0.3, 0.4) is 0 Å². The molecule has 3 rings (SSSR count). The summed E-state index contributed by atoms with van der Waals surface area (Å²) in [6, 6.07) is 11.0. The van der Waals surface area contributed by atoms with Gasteiger partial charge in [-0.05, 0) is 31.2 Å². The average molecular weight is 355 g/mol. The number of rotatable bonds is 4. The Morgan fingerprint density at radius 3 is 2.08 bits per heavy atom. The van der Waals surface area contributed by atoms with Crippen LogP contribution in [-0.2, 0) is 7.05 Å². The standard InChI is InChI=1S/C19H15F2N3O2/c1-11-16(17(25)12-7-3-5-9-14(12)20)18(24(2)23-11)22-19(26)13-8-4-6-10-15(13)21/h3-10H,1-2H3,(H,22,26). The Morgan fingerprint density at radius 2 is 1.50 bits per heavy atom. The van der Waals surface area contributed by atoms with Crippen LogP contribution in [0.5, 0.6) is 0 Å². The van der Waals surface area contributed by atoms with Crippen molar-refractivity contribution >= 4 is 17.5 Å². The number of aromatic nitrogens is 2. The van der Waals surface area contributed by atoms with E-state index >= 15 is 0 Å². The third-order valence-corrected chi connectivity index (χ3v) is 3.92. The molecule has 0 saturated heterocycles. The monoisotopic (exact) mass is 355 g/mol. The van der Waals surface area contributed by atoms with Crippen LogP contribution < -0.4 is 5.32 Å². The van der Waals surface area contributed by atoms with Crippen LogP contribution in [0.4, 0.5) is 14.6 Å². The number of nitrogens with zero attached hydrogens (tertiary/aromatic N) is 2. The zero-order chi connectivity index (χ0) is 18.8. The van der Waals surface area contributed by atoms with E-state index in [9.17, 15) is 18.4 Å². The Kier molecular flexibility index (Phi) is 4.62. The van der Waals surface area contributed by atoms with Crippen LogP contribution in [0.25, 0.3) is 0 Å². The molecule has 7 heteroatoms. The second-order valence-corrected chi connectivity index (χ2v) is 5.68. The fourth-order valence-electron chi connectivity index (χ4n) is 2.67. The molecule has 0 spiro atoms. The molecule has 2 aromatic carbocycles. The minimum Gasteiger partial charge on any atom is -0.306 e. The Morgan fingerprint density at radius 1 is 0.962 bits per heavy atom. The number of carbonyl (C=O) groups excluding carboxylic acids is 2. The summed E-state index contributed by atoms with van der Waals surface area (Å²) in [5.41, 5.74) is 0.0764. The van der Waals surface area contributed by atoms with Gasteiger partial charge in [0.1, 0.15) is 17.5 Å². The van der Waals surface area contributed by atoms with Gasteiger partial charge in [0.2, 0.25) is 5.78 Å². The summed E-state index contributed by atoms with van der Waals surface area (Å²) in [5, 5.41) is 6.63. The Hall–Kier alpha value is -3.35. The number of hydrogen-bond acceptors (Lipinski definition) is 3. The lowest BCUT2D eigenvalue weighted by Crippen LogP contribution is -2.18. The number of ketones is 1. The number of benzene rings is 2. The smallest absolute Gasteiger partial charge is 0.259 e.